The van der Waals surface area contributed by atoms with Gasteiger partial charge in [0.05, 0.1) is 18.2 Å². The van der Waals surface area contributed by atoms with Crippen molar-refractivity contribution in [3.05, 3.63) is 82.7 Å². The summed E-state index contributed by atoms with van der Waals surface area (Å²) in [5.74, 6) is -1.18. The predicted molar refractivity (Wildman–Crippen MR) is 148 cm³/mol. The minimum Gasteiger partial charge on any atom is -0.588 e. The number of aromatic nitrogens is 3. The van der Waals surface area contributed by atoms with Crippen LogP contribution in [0, 0.1) is 6.92 Å². The number of rotatable bonds is 7. The number of nitrogens with zero attached hydrogens (tertiary/aromatic N) is 3. The van der Waals surface area contributed by atoms with Gasteiger partial charge in [-0.25, -0.2) is 9.71 Å². The topological polar surface area (TPSA) is 184 Å². The van der Waals surface area contributed by atoms with Gasteiger partial charge in [-0.1, -0.05) is 16.3 Å². The normalized spacial score (nSPS) is 16.5. The number of methoxy groups -OCH3 is 1. The molecule has 5 rings (SSSR count). The standard InChI is InChI=1S/C27H24N6O7S/c1-15-29-24-17(27(37)33(15)21-10-12-23(34)31-26(21)36)6-5-8-18(24)32-41(38,39)16-9-11-22(40-2)20(14-16)30-25(35)19-7-3-4-13-28-19/h3-9,11,13-14,21H,10,12H2,1-2H3,(H3-,30,31,32,34,35,36,38,39). The Morgan fingerprint density at radius 3 is 2.63 bits per heavy atom. The molecule has 3 amide bonds. The highest BCUT2D eigenvalue weighted by molar-refractivity contribution is 7.99. The van der Waals surface area contributed by atoms with E-state index in [4.69, 9.17) is 4.74 Å². The average molecular weight is 577 g/mol. The van der Waals surface area contributed by atoms with Gasteiger partial charge < -0.3 is 14.6 Å². The van der Waals surface area contributed by atoms with Crippen LogP contribution < -0.4 is 25.7 Å². The zero-order valence-electron chi connectivity index (χ0n) is 21.9. The first-order valence-corrected chi connectivity index (χ1v) is 13.9. The second-order valence-electron chi connectivity index (χ2n) is 9.14. The van der Waals surface area contributed by atoms with Crippen LogP contribution in [0.3, 0.4) is 0 Å². The number of nitrogens with one attached hydrogen (secondary N) is 3. The molecule has 14 heteroatoms. The van der Waals surface area contributed by atoms with Crippen molar-refractivity contribution >= 4 is 50.4 Å². The first-order valence-electron chi connectivity index (χ1n) is 12.4. The van der Waals surface area contributed by atoms with Crippen molar-refractivity contribution in [2.75, 3.05) is 17.1 Å². The number of piperidine rings is 1. The molecule has 2 aromatic heterocycles. The number of hydrogen-bond acceptors (Lipinski definition) is 9. The third kappa shape index (κ3) is 5.42. The number of imide groups is 1. The van der Waals surface area contributed by atoms with Crippen LogP contribution in [0.1, 0.15) is 35.2 Å². The van der Waals surface area contributed by atoms with Gasteiger partial charge in [-0.2, -0.15) is 0 Å². The molecule has 1 saturated heterocycles. The Kier molecular flexibility index (Phi) is 7.34. The first kappa shape index (κ1) is 27.6. The highest BCUT2D eigenvalue weighted by Gasteiger charge is 2.31. The summed E-state index contributed by atoms with van der Waals surface area (Å²) in [6, 6.07) is 12.2. The Balaban J connectivity index is 1.49. The minimum absolute atomic E-state index is 0.0352. The molecule has 210 valence electrons. The molecule has 1 aliphatic heterocycles. The predicted octanol–water partition coefficient (Wildman–Crippen LogP) is 2.35. The van der Waals surface area contributed by atoms with Crippen molar-refractivity contribution in [2.45, 2.75) is 30.7 Å². The number of hydrogen-bond donors (Lipinski definition) is 3. The van der Waals surface area contributed by atoms with Crippen LogP contribution in [0.25, 0.3) is 10.9 Å². The van der Waals surface area contributed by atoms with E-state index in [2.05, 4.69) is 25.3 Å². The van der Waals surface area contributed by atoms with Crippen LogP contribution in [0.4, 0.5) is 11.4 Å². The van der Waals surface area contributed by atoms with Gasteiger partial charge in [0.2, 0.25) is 11.8 Å². The van der Waals surface area contributed by atoms with E-state index in [0.29, 0.717) is 0 Å². The molecule has 2 atom stereocenters. The van der Waals surface area contributed by atoms with E-state index in [-0.39, 0.29) is 57.3 Å². The summed E-state index contributed by atoms with van der Waals surface area (Å²) in [4.78, 5) is 58.3. The number of carbonyl (C=O) groups excluding carboxylic acids is 3. The van der Waals surface area contributed by atoms with Gasteiger partial charge in [-0.3, -0.25) is 34.0 Å². The van der Waals surface area contributed by atoms with Gasteiger partial charge in [0.15, 0.2) is 15.3 Å². The number of benzene rings is 2. The zero-order valence-corrected chi connectivity index (χ0v) is 22.7. The molecule has 4 aromatic rings. The maximum atomic E-state index is 13.4. The Morgan fingerprint density at radius 1 is 1.12 bits per heavy atom. The van der Waals surface area contributed by atoms with Gasteiger partial charge in [0.1, 0.15) is 34.5 Å². The Bertz CT molecular complexity index is 1810. The van der Waals surface area contributed by atoms with E-state index in [1.807, 2.05) is 0 Å². The fourth-order valence-electron chi connectivity index (χ4n) is 4.55. The largest absolute Gasteiger partial charge is 0.588 e. The Hall–Kier alpha value is -4.95. The molecule has 2 aromatic carbocycles. The number of amides is 3. The van der Waals surface area contributed by atoms with Crippen molar-refractivity contribution in [3.63, 3.8) is 0 Å². The molecule has 13 nitrogen and oxygen atoms in total. The molecule has 3 heterocycles. The van der Waals surface area contributed by atoms with Crippen molar-refractivity contribution in [3.8, 4) is 5.75 Å². The minimum atomic E-state index is -4.25. The highest BCUT2D eigenvalue weighted by atomic mass is 32.3. The molecule has 3 N–H and O–H groups in total. The fraction of sp³-hybridized carbons (Fsp3) is 0.185. The maximum absolute atomic E-state index is 13.4. The summed E-state index contributed by atoms with van der Waals surface area (Å²) >= 11 is 0. The van der Waals surface area contributed by atoms with Crippen LogP contribution in [-0.2, 0) is 24.2 Å². The molecule has 41 heavy (non-hydrogen) atoms. The SMILES string of the molecule is COc1ccc([S+](=O)([O-])Nc2cccc3c(=O)n(C4CCC(=O)NC4=O)c(C)nc23)cc1NC(=O)c1ccccn1. The van der Waals surface area contributed by atoms with E-state index in [1.54, 1.807) is 12.1 Å². The molecule has 2 unspecified atom stereocenters. The van der Waals surface area contributed by atoms with Gasteiger partial charge in [-0.15, -0.1) is 0 Å². The Morgan fingerprint density at radius 2 is 1.93 bits per heavy atom. The summed E-state index contributed by atoms with van der Waals surface area (Å²) in [5, 5.41) is 4.92. The van der Waals surface area contributed by atoms with E-state index in [1.165, 1.54) is 67.3 Å². The fourth-order valence-corrected chi connectivity index (χ4v) is 5.64. The molecule has 0 radical (unpaired) electrons. The van der Waals surface area contributed by atoms with Crippen LogP contribution >= 0.6 is 0 Å². The van der Waals surface area contributed by atoms with E-state index < -0.39 is 39.7 Å². The monoisotopic (exact) mass is 576 g/mol. The number of anilines is 2. The van der Waals surface area contributed by atoms with Crippen LogP contribution in [0.5, 0.6) is 5.75 Å². The maximum Gasteiger partial charge on any atom is 0.274 e. The van der Waals surface area contributed by atoms with E-state index in [9.17, 15) is 27.9 Å². The van der Waals surface area contributed by atoms with Crippen LogP contribution in [0.15, 0.2) is 70.5 Å². The number of ether oxygens (including phenoxy) is 1. The zero-order chi connectivity index (χ0) is 29.3. The van der Waals surface area contributed by atoms with Crippen molar-refractivity contribution < 1.29 is 27.9 Å². The quantitative estimate of drug-likeness (QED) is 0.219. The van der Waals surface area contributed by atoms with Crippen molar-refractivity contribution in [2.24, 2.45) is 0 Å². The van der Waals surface area contributed by atoms with Gasteiger partial charge in [0.25, 0.3) is 11.5 Å². The Labute approximate surface area is 234 Å². The molecule has 0 saturated carbocycles. The second-order valence-corrected chi connectivity index (χ2v) is 10.8. The lowest BCUT2D eigenvalue weighted by Crippen LogP contribution is -2.45. The summed E-state index contributed by atoms with van der Waals surface area (Å²) < 4.78 is 35.8. The van der Waals surface area contributed by atoms with Crippen LogP contribution in [-0.4, -0.2) is 43.9 Å². The summed E-state index contributed by atoms with van der Waals surface area (Å²) in [5.41, 5.74) is -0.203. The summed E-state index contributed by atoms with van der Waals surface area (Å²) in [7, 11) is -2.87. The second kappa shape index (κ2) is 10.9. The number of para-hydroxylation sites is 1. The first-order chi connectivity index (χ1) is 19.6. The molecule has 0 bridgehead atoms. The van der Waals surface area contributed by atoms with Gasteiger partial charge in [0, 0.05) is 18.7 Å². The number of sulfonamides is 1. The van der Waals surface area contributed by atoms with Gasteiger partial charge in [-0.05, 0) is 49.7 Å². The highest BCUT2D eigenvalue weighted by Crippen LogP contribution is 2.32. The smallest absolute Gasteiger partial charge is 0.274 e. The lowest BCUT2D eigenvalue weighted by Gasteiger charge is -2.25. The third-order valence-electron chi connectivity index (χ3n) is 6.50. The average Bonchev–Trinajstić information content (AvgIpc) is 2.95. The molecule has 1 aliphatic rings. The van der Waals surface area contributed by atoms with Crippen molar-refractivity contribution in [1.82, 2.24) is 19.9 Å². The number of pyridine rings is 1. The summed E-state index contributed by atoms with van der Waals surface area (Å²) in [6.45, 7) is 1.52. The lowest BCUT2D eigenvalue weighted by molar-refractivity contribution is -0.135. The van der Waals surface area contributed by atoms with Crippen LogP contribution in [0.2, 0.25) is 0 Å². The number of fused-ring (bicyclic) bond motifs is 1. The van der Waals surface area contributed by atoms with Gasteiger partial charge >= 0.3 is 0 Å². The lowest BCUT2D eigenvalue weighted by atomic mass is 10.1. The third-order valence-corrected chi connectivity index (χ3v) is 7.86. The van der Waals surface area contributed by atoms with Crippen molar-refractivity contribution in [1.29, 1.82) is 0 Å². The molecule has 0 aliphatic carbocycles. The number of aryl methyl sites for hydroxylation is 1. The van der Waals surface area contributed by atoms with E-state index in [0.717, 1.165) is 0 Å². The summed E-state index contributed by atoms with van der Waals surface area (Å²) in [6.07, 6.45) is 1.67. The molecule has 0 spiro atoms. The molecular weight excluding hydrogens is 552 g/mol. The van der Waals surface area contributed by atoms with E-state index >= 15 is 0 Å². The molecular formula is C27H24N6O7S. The number of carbonyl (C=O) groups is 3. The molecule has 1 fully saturated rings.